The Labute approximate surface area is 133 Å². The maximum atomic E-state index is 5.92. The normalized spacial score (nSPS) is 13.9. The van der Waals surface area contributed by atoms with E-state index in [0.29, 0.717) is 12.1 Å². The highest BCUT2D eigenvalue weighted by molar-refractivity contribution is 6.30. The molecular weight excluding hydrogens is 278 g/mol. The molecule has 0 saturated heterocycles. The zero-order valence-electron chi connectivity index (χ0n) is 13.1. The summed E-state index contributed by atoms with van der Waals surface area (Å²) in [5.74, 6) is 0. The molecule has 2 aromatic rings. The Kier molecular flexibility index (Phi) is 5.84. The molecule has 21 heavy (non-hydrogen) atoms. The molecule has 0 fully saturated rings. The number of benzene rings is 2. The molecule has 1 N–H and O–H groups in total. The van der Waals surface area contributed by atoms with Crippen LogP contribution in [0.3, 0.4) is 0 Å². The summed E-state index contributed by atoms with van der Waals surface area (Å²) >= 11 is 5.92. The van der Waals surface area contributed by atoms with Crippen molar-refractivity contribution in [2.45, 2.75) is 45.7 Å². The first-order valence-corrected chi connectivity index (χ1v) is 8.05. The average Bonchev–Trinajstić information content (AvgIpc) is 2.49. The number of hydrogen-bond donors (Lipinski definition) is 1. The van der Waals surface area contributed by atoms with E-state index >= 15 is 0 Å². The summed E-state index contributed by atoms with van der Waals surface area (Å²) in [7, 11) is 0. The van der Waals surface area contributed by atoms with Crippen molar-refractivity contribution in [1.29, 1.82) is 0 Å². The summed E-state index contributed by atoms with van der Waals surface area (Å²) in [5, 5.41) is 4.46. The molecule has 2 heteroatoms. The molecule has 2 atom stereocenters. The van der Waals surface area contributed by atoms with E-state index in [1.807, 2.05) is 12.1 Å². The lowest BCUT2D eigenvalue weighted by Gasteiger charge is -2.21. The fraction of sp³-hybridized carbons (Fsp3) is 0.368. The van der Waals surface area contributed by atoms with Crippen LogP contribution in [0.15, 0.2) is 48.5 Å². The SMILES string of the molecule is CCc1ccc(C(C)NC(C)Cc2ccc(Cl)cc2)cc1. The largest absolute Gasteiger partial charge is 0.307 e. The Bertz CT molecular complexity index is 545. The lowest BCUT2D eigenvalue weighted by molar-refractivity contribution is 0.477. The van der Waals surface area contributed by atoms with Crippen molar-refractivity contribution in [3.8, 4) is 0 Å². The number of hydrogen-bond acceptors (Lipinski definition) is 1. The van der Waals surface area contributed by atoms with Gasteiger partial charge in [0.1, 0.15) is 0 Å². The highest BCUT2D eigenvalue weighted by Gasteiger charge is 2.10. The first-order chi connectivity index (χ1) is 10.1. The van der Waals surface area contributed by atoms with E-state index in [1.54, 1.807) is 0 Å². The van der Waals surface area contributed by atoms with Crippen LogP contribution in [0.25, 0.3) is 0 Å². The van der Waals surface area contributed by atoms with Crippen molar-refractivity contribution < 1.29 is 0 Å². The van der Waals surface area contributed by atoms with Crippen molar-refractivity contribution >= 4 is 11.6 Å². The van der Waals surface area contributed by atoms with Gasteiger partial charge in [0.25, 0.3) is 0 Å². The van der Waals surface area contributed by atoms with Gasteiger partial charge in [0.05, 0.1) is 0 Å². The van der Waals surface area contributed by atoms with Gasteiger partial charge in [-0.25, -0.2) is 0 Å². The van der Waals surface area contributed by atoms with Gasteiger partial charge in [0.15, 0.2) is 0 Å². The molecule has 0 aliphatic heterocycles. The standard InChI is InChI=1S/C19H24ClN/c1-4-16-5-9-18(10-6-16)15(3)21-14(2)13-17-7-11-19(20)12-8-17/h5-12,14-15,21H,4,13H2,1-3H3. The maximum absolute atomic E-state index is 5.92. The molecule has 2 aromatic carbocycles. The Morgan fingerprint density at radius 3 is 2.05 bits per heavy atom. The van der Waals surface area contributed by atoms with Gasteiger partial charge in [-0.2, -0.15) is 0 Å². The molecule has 0 spiro atoms. The van der Waals surface area contributed by atoms with Crippen LogP contribution < -0.4 is 5.32 Å². The molecule has 0 bridgehead atoms. The summed E-state index contributed by atoms with van der Waals surface area (Å²) in [4.78, 5) is 0. The second kappa shape index (κ2) is 7.63. The minimum Gasteiger partial charge on any atom is -0.307 e. The Morgan fingerprint density at radius 2 is 1.48 bits per heavy atom. The van der Waals surface area contributed by atoms with E-state index in [-0.39, 0.29) is 0 Å². The third-order valence-electron chi connectivity index (χ3n) is 3.88. The van der Waals surface area contributed by atoms with Crippen LogP contribution in [0.4, 0.5) is 0 Å². The molecule has 0 saturated carbocycles. The van der Waals surface area contributed by atoms with Crippen molar-refractivity contribution in [3.05, 3.63) is 70.2 Å². The number of nitrogens with one attached hydrogen (secondary N) is 1. The molecule has 0 aliphatic carbocycles. The number of halogens is 1. The van der Waals surface area contributed by atoms with Gasteiger partial charge >= 0.3 is 0 Å². The lowest BCUT2D eigenvalue weighted by atomic mass is 10.0. The summed E-state index contributed by atoms with van der Waals surface area (Å²) < 4.78 is 0. The molecule has 2 unspecified atom stereocenters. The van der Waals surface area contributed by atoms with E-state index in [1.165, 1.54) is 16.7 Å². The fourth-order valence-electron chi connectivity index (χ4n) is 2.60. The zero-order chi connectivity index (χ0) is 15.2. The van der Waals surface area contributed by atoms with Crippen LogP contribution in [-0.4, -0.2) is 6.04 Å². The van der Waals surface area contributed by atoms with Crippen molar-refractivity contribution in [3.63, 3.8) is 0 Å². The van der Waals surface area contributed by atoms with E-state index in [2.05, 4.69) is 62.5 Å². The minimum atomic E-state index is 0.359. The zero-order valence-corrected chi connectivity index (χ0v) is 13.8. The summed E-state index contributed by atoms with van der Waals surface area (Å²) in [6.45, 7) is 6.63. The van der Waals surface area contributed by atoms with Crippen LogP contribution in [-0.2, 0) is 12.8 Å². The first kappa shape index (κ1) is 16.1. The third kappa shape index (κ3) is 4.87. The van der Waals surface area contributed by atoms with Gasteiger partial charge in [0.2, 0.25) is 0 Å². The second-order valence-electron chi connectivity index (χ2n) is 5.72. The van der Waals surface area contributed by atoms with Gasteiger partial charge in [-0.05, 0) is 55.5 Å². The topological polar surface area (TPSA) is 12.0 Å². The Morgan fingerprint density at radius 1 is 0.905 bits per heavy atom. The van der Waals surface area contributed by atoms with Crippen LogP contribution in [0.1, 0.15) is 43.5 Å². The van der Waals surface area contributed by atoms with Crippen LogP contribution in [0.2, 0.25) is 5.02 Å². The van der Waals surface area contributed by atoms with Crippen LogP contribution in [0, 0.1) is 0 Å². The number of rotatable bonds is 6. The molecule has 0 amide bonds. The predicted octanol–water partition coefficient (Wildman–Crippen LogP) is 5.18. The molecule has 0 heterocycles. The monoisotopic (exact) mass is 301 g/mol. The van der Waals surface area contributed by atoms with Gasteiger partial charge < -0.3 is 5.32 Å². The first-order valence-electron chi connectivity index (χ1n) is 7.67. The highest BCUT2D eigenvalue weighted by Crippen LogP contribution is 2.16. The van der Waals surface area contributed by atoms with E-state index < -0.39 is 0 Å². The molecule has 0 radical (unpaired) electrons. The van der Waals surface area contributed by atoms with Gasteiger partial charge in [0, 0.05) is 17.1 Å². The average molecular weight is 302 g/mol. The Balaban J connectivity index is 1.91. The lowest BCUT2D eigenvalue weighted by Crippen LogP contribution is -2.30. The molecule has 1 nitrogen and oxygen atoms in total. The molecule has 2 rings (SSSR count). The van der Waals surface area contributed by atoms with Crippen LogP contribution >= 0.6 is 11.6 Å². The smallest absolute Gasteiger partial charge is 0.0406 e. The number of aryl methyl sites for hydroxylation is 1. The molecule has 112 valence electrons. The quantitative estimate of drug-likeness (QED) is 0.775. The van der Waals surface area contributed by atoms with Gasteiger partial charge in [-0.3, -0.25) is 0 Å². The molecular formula is C19H24ClN. The summed E-state index contributed by atoms with van der Waals surface area (Å²) in [5.41, 5.74) is 4.04. The molecule has 0 aromatic heterocycles. The summed E-state index contributed by atoms with van der Waals surface area (Å²) in [6.07, 6.45) is 2.10. The second-order valence-corrected chi connectivity index (χ2v) is 6.15. The van der Waals surface area contributed by atoms with Crippen molar-refractivity contribution in [1.82, 2.24) is 5.32 Å². The van der Waals surface area contributed by atoms with Crippen molar-refractivity contribution in [2.75, 3.05) is 0 Å². The summed E-state index contributed by atoms with van der Waals surface area (Å²) in [6, 6.07) is 17.8. The van der Waals surface area contributed by atoms with E-state index in [0.717, 1.165) is 17.9 Å². The van der Waals surface area contributed by atoms with E-state index in [4.69, 9.17) is 11.6 Å². The van der Waals surface area contributed by atoms with E-state index in [9.17, 15) is 0 Å². The molecule has 0 aliphatic rings. The van der Waals surface area contributed by atoms with Crippen molar-refractivity contribution in [2.24, 2.45) is 0 Å². The third-order valence-corrected chi connectivity index (χ3v) is 4.13. The minimum absolute atomic E-state index is 0.359. The van der Waals surface area contributed by atoms with Gasteiger partial charge in [-0.1, -0.05) is 54.9 Å². The maximum Gasteiger partial charge on any atom is 0.0406 e. The predicted molar refractivity (Wildman–Crippen MR) is 92.0 cm³/mol. The highest BCUT2D eigenvalue weighted by atomic mass is 35.5. The fourth-order valence-corrected chi connectivity index (χ4v) is 2.72. The van der Waals surface area contributed by atoms with Crippen LogP contribution in [0.5, 0.6) is 0 Å². The Hall–Kier alpha value is -1.31. The van der Waals surface area contributed by atoms with Gasteiger partial charge in [-0.15, -0.1) is 0 Å².